The smallest absolute Gasteiger partial charge is 0.180 e. The summed E-state index contributed by atoms with van der Waals surface area (Å²) in [5, 5.41) is 0.352. The van der Waals surface area contributed by atoms with Gasteiger partial charge in [-0.2, -0.15) is 0 Å². The van der Waals surface area contributed by atoms with Gasteiger partial charge in [0.15, 0.2) is 9.84 Å². The van der Waals surface area contributed by atoms with Crippen molar-refractivity contribution in [3.8, 4) is 0 Å². The molecular formula is C12H14ClN3O2S. The zero-order valence-corrected chi connectivity index (χ0v) is 11.9. The molecule has 0 aliphatic rings. The van der Waals surface area contributed by atoms with E-state index in [-0.39, 0.29) is 16.3 Å². The number of anilines is 1. The molecular weight excluding hydrogens is 286 g/mol. The molecule has 0 amide bonds. The third-order valence-corrected chi connectivity index (χ3v) is 4.83. The second-order valence-corrected chi connectivity index (χ2v) is 6.72. The highest BCUT2D eigenvalue weighted by Crippen LogP contribution is 2.24. The Morgan fingerprint density at radius 3 is 2.79 bits per heavy atom. The van der Waals surface area contributed by atoms with E-state index in [2.05, 4.69) is 4.98 Å². The predicted octanol–water partition coefficient (Wildman–Crippen LogP) is 1.67. The van der Waals surface area contributed by atoms with E-state index < -0.39 is 9.84 Å². The highest BCUT2D eigenvalue weighted by Gasteiger charge is 2.19. The van der Waals surface area contributed by atoms with Gasteiger partial charge in [-0.25, -0.2) is 13.4 Å². The van der Waals surface area contributed by atoms with Gasteiger partial charge in [0.1, 0.15) is 5.82 Å². The van der Waals surface area contributed by atoms with Crippen LogP contribution >= 0.6 is 11.6 Å². The van der Waals surface area contributed by atoms with Crippen molar-refractivity contribution in [1.29, 1.82) is 0 Å². The molecule has 0 saturated carbocycles. The lowest BCUT2D eigenvalue weighted by Crippen LogP contribution is -2.13. The number of nitrogen functional groups attached to an aromatic ring is 1. The summed E-state index contributed by atoms with van der Waals surface area (Å²) in [6.07, 6.45) is 3.74. The molecule has 0 saturated heterocycles. The topological polar surface area (TPSA) is 78.0 Å². The van der Waals surface area contributed by atoms with Crippen molar-refractivity contribution in [3.63, 3.8) is 0 Å². The first-order valence-corrected chi connectivity index (χ1v) is 7.67. The monoisotopic (exact) mass is 299 g/mol. The Balaban J connectivity index is 2.23. The number of aryl methyl sites for hydroxylation is 2. The summed E-state index contributed by atoms with van der Waals surface area (Å²) >= 11 is 5.81. The third-order valence-electron chi connectivity index (χ3n) is 2.83. The van der Waals surface area contributed by atoms with Crippen LogP contribution in [0.25, 0.3) is 0 Å². The molecule has 1 heterocycles. The fourth-order valence-electron chi connectivity index (χ4n) is 1.75. The van der Waals surface area contributed by atoms with Crippen LogP contribution < -0.4 is 5.73 Å². The van der Waals surface area contributed by atoms with Crippen LogP contribution in [0.4, 0.5) is 5.69 Å². The van der Waals surface area contributed by atoms with Crippen molar-refractivity contribution in [3.05, 3.63) is 41.4 Å². The lowest BCUT2D eigenvalue weighted by atomic mass is 10.3. The summed E-state index contributed by atoms with van der Waals surface area (Å²) in [5.74, 6) is 0.659. The van der Waals surface area contributed by atoms with Crippen molar-refractivity contribution in [2.24, 2.45) is 7.05 Å². The van der Waals surface area contributed by atoms with Gasteiger partial charge in [-0.1, -0.05) is 11.6 Å². The molecule has 1 aromatic carbocycles. The van der Waals surface area contributed by atoms with Gasteiger partial charge in [0.25, 0.3) is 0 Å². The maximum Gasteiger partial charge on any atom is 0.180 e. The molecule has 102 valence electrons. The van der Waals surface area contributed by atoms with Crippen molar-refractivity contribution in [2.75, 3.05) is 11.5 Å². The molecule has 19 heavy (non-hydrogen) atoms. The highest BCUT2D eigenvalue weighted by molar-refractivity contribution is 7.91. The molecule has 0 radical (unpaired) electrons. The van der Waals surface area contributed by atoms with Gasteiger partial charge in [-0.05, 0) is 18.2 Å². The summed E-state index contributed by atoms with van der Waals surface area (Å²) in [6, 6.07) is 4.44. The maximum absolute atomic E-state index is 12.2. The lowest BCUT2D eigenvalue weighted by Gasteiger charge is -2.08. The van der Waals surface area contributed by atoms with Gasteiger partial charge >= 0.3 is 0 Å². The number of sulfone groups is 1. The van der Waals surface area contributed by atoms with Gasteiger partial charge in [0.05, 0.1) is 16.3 Å². The van der Waals surface area contributed by atoms with Gasteiger partial charge in [0, 0.05) is 30.9 Å². The van der Waals surface area contributed by atoms with Crippen molar-refractivity contribution < 1.29 is 8.42 Å². The first kappa shape index (κ1) is 13.9. The molecule has 7 heteroatoms. The molecule has 0 aliphatic heterocycles. The molecule has 2 aromatic rings. The Hall–Kier alpha value is -1.53. The van der Waals surface area contributed by atoms with Crippen LogP contribution in [0.2, 0.25) is 5.02 Å². The van der Waals surface area contributed by atoms with Crippen molar-refractivity contribution in [2.45, 2.75) is 11.3 Å². The van der Waals surface area contributed by atoms with E-state index in [0.717, 1.165) is 0 Å². The van der Waals surface area contributed by atoms with Crippen LogP contribution in [0.1, 0.15) is 5.82 Å². The zero-order chi connectivity index (χ0) is 14.0. The molecule has 2 rings (SSSR count). The molecule has 0 bridgehead atoms. The Labute approximate surface area is 116 Å². The number of nitrogens with two attached hydrogens (primary N) is 1. The Morgan fingerprint density at radius 1 is 1.42 bits per heavy atom. The molecule has 0 unspecified atom stereocenters. The number of imidazole rings is 1. The lowest BCUT2D eigenvalue weighted by molar-refractivity contribution is 0.594. The van der Waals surface area contributed by atoms with Crippen LogP contribution in [0, 0.1) is 0 Å². The van der Waals surface area contributed by atoms with Crippen molar-refractivity contribution >= 4 is 27.1 Å². The van der Waals surface area contributed by atoms with Crippen LogP contribution in [0.15, 0.2) is 35.5 Å². The predicted molar refractivity (Wildman–Crippen MR) is 74.8 cm³/mol. The van der Waals surface area contributed by atoms with Crippen LogP contribution in [-0.4, -0.2) is 23.7 Å². The van der Waals surface area contributed by atoms with Gasteiger partial charge in [-0.15, -0.1) is 0 Å². The zero-order valence-electron chi connectivity index (χ0n) is 10.4. The minimum atomic E-state index is -3.47. The first-order valence-electron chi connectivity index (χ1n) is 5.64. The van der Waals surface area contributed by atoms with E-state index in [1.165, 1.54) is 12.1 Å². The summed E-state index contributed by atoms with van der Waals surface area (Å²) < 4.78 is 26.3. The fourth-order valence-corrected chi connectivity index (χ4v) is 3.39. The van der Waals surface area contributed by atoms with E-state index in [0.29, 0.717) is 17.3 Å². The van der Waals surface area contributed by atoms with Gasteiger partial charge in [-0.3, -0.25) is 0 Å². The third kappa shape index (κ3) is 3.08. The van der Waals surface area contributed by atoms with Crippen LogP contribution in [-0.2, 0) is 23.3 Å². The minimum absolute atomic E-state index is 0.0532. The second kappa shape index (κ2) is 5.22. The average molecular weight is 300 g/mol. The fraction of sp³-hybridized carbons (Fsp3) is 0.250. The number of hydrogen-bond acceptors (Lipinski definition) is 4. The molecule has 0 fully saturated rings. The quantitative estimate of drug-likeness (QED) is 0.871. The summed E-state index contributed by atoms with van der Waals surface area (Å²) in [7, 11) is -1.65. The summed E-state index contributed by atoms with van der Waals surface area (Å²) in [4.78, 5) is 4.17. The van der Waals surface area contributed by atoms with Gasteiger partial charge in [0.2, 0.25) is 0 Å². The number of hydrogen-bond donors (Lipinski definition) is 1. The summed E-state index contributed by atoms with van der Waals surface area (Å²) in [5.41, 5.74) is 5.91. The van der Waals surface area contributed by atoms with Gasteiger partial charge < -0.3 is 10.3 Å². The second-order valence-electron chi connectivity index (χ2n) is 4.21. The van der Waals surface area contributed by atoms with Crippen molar-refractivity contribution in [1.82, 2.24) is 9.55 Å². The molecule has 5 nitrogen and oxygen atoms in total. The minimum Gasteiger partial charge on any atom is -0.398 e. The molecule has 0 spiro atoms. The van der Waals surface area contributed by atoms with Crippen LogP contribution in [0.3, 0.4) is 0 Å². The molecule has 1 aromatic heterocycles. The molecule has 0 atom stereocenters. The normalized spacial score (nSPS) is 11.7. The first-order chi connectivity index (χ1) is 8.90. The summed E-state index contributed by atoms with van der Waals surface area (Å²) in [6.45, 7) is 0. The number of rotatable bonds is 4. The van der Waals surface area contributed by atoms with Crippen LogP contribution in [0.5, 0.6) is 0 Å². The average Bonchev–Trinajstić information content (AvgIpc) is 2.75. The molecule has 2 N–H and O–H groups in total. The Kier molecular flexibility index (Phi) is 3.82. The maximum atomic E-state index is 12.2. The highest BCUT2D eigenvalue weighted by atomic mass is 35.5. The molecule has 0 aliphatic carbocycles. The van der Waals surface area contributed by atoms with E-state index in [1.54, 1.807) is 23.0 Å². The van der Waals surface area contributed by atoms with E-state index >= 15 is 0 Å². The number of benzene rings is 1. The number of halogens is 1. The van der Waals surface area contributed by atoms with E-state index in [4.69, 9.17) is 17.3 Å². The Bertz CT molecular complexity index is 695. The number of aromatic nitrogens is 2. The van der Waals surface area contributed by atoms with E-state index in [9.17, 15) is 8.42 Å². The largest absolute Gasteiger partial charge is 0.398 e. The SMILES string of the molecule is Cn1ccnc1CCS(=O)(=O)c1cc(Cl)ccc1N. The Morgan fingerprint density at radius 2 is 2.16 bits per heavy atom. The standard InChI is InChI=1S/C12H14ClN3O2S/c1-16-6-5-15-12(16)4-7-19(17,18)11-8-9(13)2-3-10(11)14/h2-3,5-6,8H,4,7,14H2,1H3. The van der Waals surface area contributed by atoms with E-state index in [1.807, 2.05) is 7.05 Å². The number of nitrogens with zero attached hydrogens (tertiary/aromatic N) is 2.